The minimum atomic E-state index is -5.42. The maximum atomic E-state index is 14.8. The van der Waals surface area contributed by atoms with Crippen molar-refractivity contribution in [1.82, 2.24) is 0 Å². The van der Waals surface area contributed by atoms with Crippen molar-refractivity contribution >= 4 is 0 Å². The van der Waals surface area contributed by atoms with Gasteiger partial charge in [0.2, 0.25) is 0 Å². The number of ether oxygens (including phenoxy) is 1. The number of benzene rings is 2. The molecule has 0 aromatic heterocycles. The largest absolute Gasteiger partial charge is 0.432 e. The van der Waals surface area contributed by atoms with E-state index in [1.165, 1.54) is 38.5 Å². The molecule has 2 saturated carbocycles. The van der Waals surface area contributed by atoms with Crippen LogP contribution in [0, 0.1) is 41.0 Å². The molecular formula is C30H35F9O. The molecule has 2 aromatic rings. The molecule has 40 heavy (non-hydrogen) atoms. The van der Waals surface area contributed by atoms with Crippen molar-refractivity contribution in [2.45, 2.75) is 96.8 Å². The Morgan fingerprint density at radius 2 is 1.12 bits per heavy atom. The van der Waals surface area contributed by atoms with Crippen molar-refractivity contribution in [3.8, 4) is 5.75 Å². The van der Waals surface area contributed by atoms with Crippen molar-refractivity contribution in [2.75, 3.05) is 0 Å². The number of alkyl halides is 5. The Balaban J connectivity index is 0.00000441. The summed E-state index contributed by atoms with van der Waals surface area (Å²) in [6.07, 6.45) is 0.271. The molecular weight excluding hydrogens is 547 g/mol. The first-order valence-corrected chi connectivity index (χ1v) is 13.4. The second-order valence-electron chi connectivity index (χ2n) is 10.9. The average Bonchev–Trinajstić information content (AvgIpc) is 2.82. The monoisotopic (exact) mass is 582 g/mol. The van der Waals surface area contributed by atoms with Crippen LogP contribution < -0.4 is 4.74 Å². The molecule has 0 aliphatic heterocycles. The first-order valence-electron chi connectivity index (χ1n) is 13.4. The molecule has 0 N–H and O–H groups in total. The van der Waals surface area contributed by atoms with E-state index in [0.29, 0.717) is 24.7 Å². The molecule has 2 aromatic carbocycles. The van der Waals surface area contributed by atoms with Crippen LogP contribution >= 0.6 is 0 Å². The fourth-order valence-corrected chi connectivity index (χ4v) is 6.47. The van der Waals surface area contributed by atoms with Gasteiger partial charge in [0, 0.05) is 12.1 Å². The fourth-order valence-electron chi connectivity index (χ4n) is 6.47. The molecule has 2 aliphatic carbocycles. The molecule has 0 bridgehead atoms. The summed E-state index contributed by atoms with van der Waals surface area (Å²) in [5, 5.41) is 0. The maximum Gasteiger partial charge on any atom is 0.432 e. The zero-order valence-electron chi connectivity index (χ0n) is 21.5. The first-order chi connectivity index (χ1) is 18.3. The molecule has 4 rings (SSSR count). The highest BCUT2D eigenvalue weighted by Crippen LogP contribution is 2.46. The number of halogens is 9. The summed E-state index contributed by atoms with van der Waals surface area (Å²) in [4.78, 5) is 0. The average molecular weight is 583 g/mol. The standard InChI is InChI=1S/C29H31F9O.CH4/c1-2-3-16-4-6-17(7-5-16)18-8-10-19(11-9-18)20-12-22(30)27(23(31)13-20)29(37,38)39-21-14-24(32)26(25(33)15-21)28(34,35)36;/h12-19H,2-11H2,1H3;1H4. The normalized spacial score (nSPS) is 23.9. The zero-order chi connectivity index (χ0) is 28.5. The van der Waals surface area contributed by atoms with Crippen molar-refractivity contribution in [1.29, 1.82) is 0 Å². The third-order valence-electron chi connectivity index (χ3n) is 8.40. The molecule has 2 fully saturated rings. The molecule has 2 aliphatic rings. The summed E-state index contributed by atoms with van der Waals surface area (Å²) in [5.74, 6) is -7.20. The molecule has 1 nitrogen and oxygen atoms in total. The van der Waals surface area contributed by atoms with E-state index in [1.807, 2.05) is 0 Å². The Kier molecular flexibility index (Phi) is 10.2. The first kappa shape index (κ1) is 32.1. The summed E-state index contributed by atoms with van der Waals surface area (Å²) in [5.41, 5.74) is -3.84. The molecule has 0 heterocycles. The van der Waals surface area contributed by atoms with Gasteiger partial charge in [-0.3, -0.25) is 0 Å². The van der Waals surface area contributed by atoms with Crippen molar-refractivity contribution in [3.63, 3.8) is 0 Å². The van der Waals surface area contributed by atoms with E-state index < -0.39 is 52.4 Å². The second-order valence-corrected chi connectivity index (χ2v) is 10.9. The summed E-state index contributed by atoms with van der Waals surface area (Å²) in [6, 6.07) is 1.40. The van der Waals surface area contributed by atoms with E-state index in [4.69, 9.17) is 0 Å². The van der Waals surface area contributed by atoms with E-state index in [9.17, 15) is 39.5 Å². The highest BCUT2D eigenvalue weighted by molar-refractivity contribution is 5.35. The van der Waals surface area contributed by atoms with Gasteiger partial charge < -0.3 is 4.74 Å². The number of hydrogen-bond acceptors (Lipinski definition) is 1. The number of rotatable bonds is 7. The van der Waals surface area contributed by atoms with Crippen molar-refractivity contribution in [2.24, 2.45) is 17.8 Å². The van der Waals surface area contributed by atoms with E-state index in [0.717, 1.165) is 30.9 Å². The highest BCUT2D eigenvalue weighted by atomic mass is 19.4. The SMILES string of the molecule is C.CCCC1CCC(C2CCC(c3cc(F)c(C(F)(F)Oc4cc(F)c(C(F)(F)F)c(F)c4)c(F)c3)CC2)CC1. The lowest BCUT2D eigenvalue weighted by Gasteiger charge is -2.38. The van der Waals surface area contributed by atoms with Crippen LogP contribution in [0.5, 0.6) is 5.75 Å². The lowest BCUT2D eigenvalue weighted by molar-refractivity contribution is -0.189. The van der Waals surface area contributed by atoms with Crippen LogP contribution in [0.1, 0.15) is 101 Å². The van der Waals surface area contributed by atoms with Crippen LogP contribution in [0.3, 0.4) is 0 Å². The van der Waals surface area contributed by atoms with Crippen LogP contribution in [-0.4, -0.2) is 0 Å². The molecule has 0 amide bonds. The van der Waals surface area contributed by atoms with Gasteiger partial charge >= 0.3 is 12.3 Å². The quantitative estimate of drug-likeness (QED) is 0.295. The van der Waals surface area contributed by atoms with E-state index in [1.54, 1.807) is 0 Å². The lowest BCUT2D eigenvalue weighted by Crippen LogP contribution is -2.27. The smallest absolute Gasteiger partial charge is 0.429 e. The Labute approximate surface area is 229 Å². The van der Waals surface area contributed by atoms with E-state index in [2.05, 4.69) is 11.7 Å². The fraction of sp³-hybridized carbons (Fsp3) is 0.600. The van der Waals surface area contributed by atoms with Gasteiger partial charge in [0.1, 0.15) is 40.1 Å². The topological polar surface area (TPSA) is 9.23 Å². The third kappa shape index (κ3) is 7.08. The minimum absolute atomic E-state index is 0. The molecule has 0 atom stereocenters. The summed E-state index contributed by atoms with van der Waals surface area (Å²) >= 11 is 0. The molecule has 0 saturated heterocycles. The van der Waals surface area contributed by atoms with Gasteiger partial charge in [0.25, 0.3) is 0 Å². The van der Waals surface area contributed by atoms with Crippen molar-refractivity contribution < 1.29 is 44.3 Å². The van der Waals surface area contributed by atoms with Gasteiger partial charge in [0.05, 0.1) is 0 Å². The van der Waals surface area contributed by atoms with Crippen LogP contribution in [0.4, 0.5) is 39.5 Å². The zero-order valence-corrected chi connectivity index (χ0v) is 21.5. The molecule has 0 spiro atoms. The predicted octanol–water partition coefficient (Wildman–Crippen LogP) is 10.9. The van der Waals surface area contributed by atoms with Crippen molar-refractivity contribution in [3.05, 3.63) is 64.2 Å². The second kappa shape index (κ2) is 12.6. The summed E-state index contributed by atoms with van der Waals surface area (Å²) in [6.45, 7) is 2.20. The predicted molar refractivity (Wildman–Crippen MR) is 134 cm³/mol. The number of hydrogen-bond donors (Lipinski definition) is 0. The van der Waals surface area contributed by atoms with Crippen LogP contribution in [0.2, 0.25) is 0 Å². The lowest BCUT2D eigenvalue weighted by atomic mass is 9.68. The Hall–Kier alpha value is -2.39. The molecule has 10 heteroatoms. The minimum Gasteiger partial charge on any atom is -0.429 e. The van der Waals surface area contributed by atoms with Gasteiger partial charge in [0.15, 0.2) is 0 Å². The highest BCUT2D eigenvalue weighted by Gasteiger charge is 2.43. The summed E-state index contributed by atoms with van der Waals surface area (Å²) in [7, 11) is 0. The van der Waals surface area contributed by atoms with Gasteiger partial charge in [-0.05, 0) is 79.9 Å². The Bertz CT molecular complexity index is 1100. The molecule has 0 unspecified atom stereocenters. The van der Waals surface area contributed by atoms with E-state index >= 15 is 0 Å². The van der Waals surface area contributed by atoms with Crippen LogP contribution in [0.15, 0.2) is 24.3 Å². The van der Waals surface area contributed by atoms with Crippen LogP contribution in [0.25, 0.3) is 0 Å². The molecule has 0 radical (unpaired) electrons. The van der Waals surface area contributed by atoms with Gasteiger partial charge in [-0.1, -0.05) is 40.0 Å². The van der Waals surface area contributed by atoms with Gasteiger partial charge in [-0.25, -0.2) is 17.6 Å². The van der Waals surface area contributed by atoms with Gasteiger partial charge in [-0.15, -0.1) is 0 Å². The van der Waals surface area contributed by atoms with E-state index in [-0.39, 0.29) is 31.0 Å². The maximum absolute atomic E-state index is 14.8. The van der Waals surface area contributed by atoms with Gasteiger partial charge in [-0.2, -0.15) is 22.0 Å². The summed E-state index contributed by atoms with van der Waals surface area (Å²) < 4.78 is 129. The third-order valence-corrected chi connectivity index (χ3v) is 8.40. The Morgan fingerprint density at radius 3 is 1.57 bits per heavy atom. The molecule has 224 valence electrons. The Morgan fingerprint density at radius 1 is 0.675 bits per heavy atom. The van der Waals surface area contributed by atoms with Crippen LogP contribution in [-0.2, 0) is 12.3 Å².